The maximum absolute atomic E-state index is 13.7. The number of benzene rings is 1. The smallest absolute Gasteiger partial charge is 0.337 e. The van der Waals surface area contributed by atoms with Gasteiger partial charge in [-0.05, 0) is 24.6 Å². The van der Waals surface area contributed by atoms with E-state index in [-0.39, 0.29) is 42.5 Å². The average molecular weight is 493 g/mol. The van der Waals surface area contributed by atoms with Gasteiger partial charge in [0, 0.05) is 26.2 Å². The first kappa shape index (κ1) is 24.2. The molecule has 32 heavy (non-hydrogen) atoms. The van der Waals surface area contributed by atoms with Gasteiger partial charge < -0.3 is 15.5 Å². The van der Waals surface area contributed by atoms with Crippen molar-refractivity contribution in [2.45, 2.75) is 18.6 Å². The SMILES string of the molecule is CC(N)(C(=O)N1CCN(C(=O)c2c(Cl)ncc(F)c2Cl)CC1)c1cccc(C(F)(F)F)c1. The van der Waals surface area contributed by atoms with Gasteiger partial charge in [0.15, 0.2) is 5.82 Å². The van der Waals surface area contributed by atoms with Crippen LogP contribution in [0.2, 0.25) is 10.2 Å². The first-order chi connectivity index (χ1) is 14.8. The molecule has 0 bridgehead atoms. The van der Waals surface area contributed by atoms with E-state index >= 15 is 0 Å². The van der Waals surface area contributed by atoms with Gasteiger partial charge in [-0.15, -0.1) is 0 Å². The van der Waals surface area contributed by atoms with E-state index in [1.54, 1.807) is 0 Å². The van der Waals surface area contributed by atoms with E-state index in [2.05, 4.69) is 4.98 Å². The summed E-state index contributed by atoms with van der Waals surface area (Å²) in [6.45, 7) is 1.59. The van der Waals surface area contributed by atoms with E-state index in [1.807, 2.05) is 0 Å². The predicted molar refractivity (Wildman–Crippen MR) is 110 cm³/mol. The van der Waals surface area contributed by atoms with Crippen molar-refractivity contribution in [3.63, 3.8) is 0 Å². The van der Waals surface area contributed by atoms with Crippen molar-refractivity contribution in [3.05, 3.63) is 63.1 Å². The summed E-state index contributed by atoms with van der Waals surface area (Å²) < 4.78 is 52.8. The lowest BCUT2D eigenvalue weighted by atomic mass is 9.90. The molecule has 1 saturated heterocycles. The van der Waals surface area contributed by atoms with Gasteiger partial charge in [-0.25, -0.2) is 9.37 Å². The van der Waals surface area contributed by atoms with Gasteiger partial charge in [-0.1, -0.05) is 35.3 Å². The molecular weight excluding hydrogens is 475 g/mol. The number of nitrogens with two attached hydrogens (primary N) is 1. The van der Waals surface area contributed by atoms with Gasteiger partial charge in [-0.3, -0.25) is 9.59 Å². The highest BCUT2D eigenvalue weighted by Crippen LogP contribution is 2.32. The second-order valence-corrected chi connectivity index (χ2v) is 8.19. The molecule has 2 N–H and O–H groups in total. The van der Waals surface area contributed by atoms with Gasteiger partial charge in [-0.2, -0.15) is 13.2 Å². The van der Waals surface area contributed by atoms with E-state index in [1.165, 1.54) is 28.9 Å². The third kappa shape index (κ3) is 4.67. The molecule has 2 amide bonds. The summed E-state index contributed by atoms with van der Waals surface area (Å²) in [4.78, 5) is 32.0. The molecule has 0 radical (unpaired) electrons. The van der Waals surface area contributed by atoms with Crippen LogP contribution in [0.4, 0.5) is 17.6 Å². The van der Waals surface area contributed by atoms with Gasteiger partial charge in [0.25, 0.3) is 5.91 Å². The Morgan fingerprint density at radius 3 is 2.22 bits per heavy atom. The lowest BCUT2D eigenvalue weighted by Crippen LogP contribution is -2.57. The molecule has 1 aliphatic heterocycles. The minimum Gasteiger partial charge on any atom is -0.337 e. The average Bonchev–Trinajstić information content (AvgIpc) is 2.75. The summed E-state index contributed by atoms with van der Waals surface area (Å²) in [5, 5.41) is -0.702. The Hall–Kier alpha value is -2.43. The minimum absolute atomic E-state index is 0.0141. The molecule has 2 heterocycles. The first-order valence-corrected chi connectivity index (χ1v) is 10.1. The molecule has 1 aliphatic rings. The van der Waals surface area contributed by atoms with Gasteiger partial charge in [0.2, 0.25) is 5.91 Å². The second kappa shape index (κ2) is 8.84. The van der Waals surface area contributed by atoms with E-state index in [0.717, 1.165) is 18.3 Å². The Balaban J connectivity index is 1.73. The van der Waals surface area contributed by atoms with Crippen LogP contribution >= 0.6 is 23.2 Å². The number of hydrogen-bond acceptors (Lipinski definition) is 4. The number of pyridine rings is 1. The van der Waals surface area contributed by atoms with E-state index in [0.29, 0.717) is 0 Å². The molecule has 1 aromatic carbocycles. The Morgan fingerprint density at radius 1 is 1.06 bits per heavy atom. The second-order valence-electron chi connectivity index (χ2n) is 7.45. The number of aromatic nitrogens is 1. The maximum Gasteiger partial charge on any atom is 0.416 e. The fourth-order valence-electron chi connectivity index (χ4n) is 3.37. The van der Waals surface area contributed by atoms with Gasteiger partial charge in [0.1, 0.15) is 10.7 Å². The van der Waals surface area contributed by atoms with Crippen molar-refractivity contribution < 1.29 is 27.2 Å². The zero-order valence-corrected chi connectivity index (χ0v) is 18.2. The molecule has 1 aromatic heterocycles. The van der Waals surface area contributed by atoms with Crippen molar-refractivity contribution in [2.75, 3.05) is 26.2 Å². The fourth-order valence-corrected chi connectivity index (χ4v) is 3.86. The minimum atomic E-state index is -4.57. The van der Waals surface area contributed by atoms with Gasteiger partial charge in [0.05, 0.1) is 22.3 Å². The number of hydrogen-bond donors (Lipinski definition) is 1. The molecule has 3 rings (SSSR count). The number of nitrogens with zero attached hydrogens (tertiary/aromatic N) is 3. The lowest BCUT2D eigenvalue weighted by Gasteiger charge is -2.38. The number of carbonyl (C=O) groups is 2. The standard InChI is InChI=1S/C20H18Cl2F4N4O2/c1-19(27,11-3-2-4-12(9-11)20(24,25)26)18(32)30-7-5-29(6-8-30)17(31)14-15(21)13(23)10-28-16(14)22/h2-4,9-10H,5-8,27H2,1H3. The monoisotopic (exact) mass is 492 g/mol. The summed E-state index contributed by atoms with van der Waals surface area (Å²) in [5.74, 6) is -2.13. The topological polar surface area (TPSA) is 79.5 Å². The number of halogens is 6. The summed E-state index contributed by atoms with van der Waals surface area (Å²) in [5.41, 5.74) is 3.25. The van der Waals surface area contributed by atoms with Crippen LogP contribution in [-0.2, 0) is 16.5 Å². The predicted octanol–water partition coefficient (Wildman–Crippen LogP) is 3.70. The molecule has 6 nitrogen and oxygen atoms in total. The summed E-state index contributed by atoms with van der Waals surface area (Å²) in [7, 11) is 0. The van der Waals surface area contributed by atoms with Crippen molar-refractivity contribution >= 4 is 35.0 Å². The molecule has 0 aliphatic carbocycles. The number of piperazine rings is 1. The highest BCUT2D eigenvalue weighted by atomic mass is 35.5. The Kier molecular flexibility index (Phi) is 6.69. The maximum atomic E-state index is 13.7. The zero-order valence-electron chi connectivity index (χ0n) is 16.7. The summed E-state index contributed by atoms with van der Waals surface area (Å²) in [6.07, 6.45) is -3.77. The van der Waals surface area contributed by atoms with Crippen LogP contribution in [0.25, 0.3) is 0 Å². The molecule has 12 heteroatoms. The van der Waals surface area contributed by atoms with Crippen LogP contribution in [0.15, 0.2) is 30.5 Å². The highest BCUT2D eigenvalue weighted by Gasteiger charge is 2.39. The van der Waals surface area contributed by atoms with Crippen molar-refractivity contribution in [3.8, 4) is 0 Å². The molecule has 1 unspecified atom stereocenters. The normalized spacial score (nSPS) is 16.6. The molecule has 172 valence electrons. The number of alkyl halides is 3. The third-order valence-electron chi connectivity index (χ3n) is 5.23. The quantitative estimate of drug-likeness (QED) is 0.523. The highest BCUT2D eigenvalue weighted by molar-refractivity contribution is 6.39. The Morgan fingerprint density at radius 2 is 1.62 bits per heavy atom. The van der Waals surface area contributed by atoms with Crippen LogP contribution in [0.5, 0.6) is 0 Å². The Bertz CT molecular complexity index is 1050. The van der Waals surface area contributed by atoms with E-state index in [9.17, 15) is 27.2 Å². The molecule has 2 aromatic rings. The van der Waals surface area contributed by atoms with Crippen LogP contribution < -0.4 is 5.73 Å². The molecule has 1 atom stereocenters. The van der Waals surface area contributed by atoms with Crippen LogP contribution in [0, 0.1) is 5.82 Å². The number of rotatable bonds is 3. The van der Waals surface area contributed by atoms with Crippen molar-refractivity contribution in [1.82, 2.24) is 14.8 Å². The van der Waals surface area contributed by atoms with E-state index < -0.39 is 39.9 Å². The van der Waals surface area contributed by atoms with Crippen LogP contribution in [0.1, 0.15) is 28.4 Å². The fraction of sp³-hybridized carbons (Fsp3) is 0.350. The zero-order chi connectivity index (χ0) is 23.8. The molecule has 1 fully saturated rings. The summed E-state index contributed by atoms with van der Waals surface area (Å²) >= 11 is 11.8. The summed E-state index contributed by atoms with van der Waals surface area (Å²) in [6, 6.07) is 4.28. The van der Waals surface area contributed by atoms with Crippen LogP contribution in [0.3, 0.4) is 0 Å². The lowest BCUT2D eigenvalue weighted by molar-refractivity contribution is -0.140. The van der Waals surface area contributed by atoms with Crippen molar-refractivity contribution in [2.24, 2.45) is 5.73 Å². The number of amides is 2. The largest absolute Gasteiger partial charge is 0.416 e. The molecular formula is C20H18Cl2F4N4O2. The van der Waals surface area contributed by atoms with Crippen molar-refractivity contribution in [1.29, 1.82) is 0 Å². The first-order valence-electron chi connectivity index (χ1n) is 9.38. The third-order valence-corrected chi connectivity index (χ3v) is 5.88. The Labute approximate surface area is 190 Å². The van der Waals surface area contributed by atoms with Gasteiger partial charge >= 0.3 is 6.18 Å². The van der Waals surface area contributed by atoms with E-state index in [4.69, 9.17) is 28.9 Å². The molecule has 0 saturated carbocycles. The molecule has 0 spiro atoms. The van der Waals surface area contributed by atoms with Crippen LogP contribution in [-0.4, -0.2) is 52.8 Å². The number of carbonyl (C=O) groups excluding carboxylic acids is 2.